The van der Waals surface area contributed by atoms with Crippen molar-refractivity contribution >= 4 is 5.69 Å². The van der Waals surface area contributed by atoms with Crippen LogP contribution in [-0.4, -0.2) is 26.2 Å². The van der Waals surface area contributed by atoms with E-state index in [1.54, 1.807) is 6.07 Å². The van der Waals surface area contributed by atoms with Gasteiger partial charge in [0.1, 0.15) is 6.10 Å². The zero-order valence-corrected chi connectivity index (χ0v) is 8.53. The molecule has 0 aliphatic rings. The van der Waals surface area contributed by atoms with Crippen LogP contribution in [0.5, 0.6) is 0 Å². The van der Waals surface area contributed by atoms with Gasteiger partial charge in [0.2, 0.25) is 0 Å². The number of aliphatic hydroxyl groups is 2. The van der Waals surface area contributed by atoms with Crippen molar-refractivity contribution in [1.29, 1.82) is 5.26 Å². The minimum absolute atomic E-state index is 0.345. The van der Waals surface area contributed by atoms with E-state index >= 15 is 0 Å². The van der Waals surface area contributed by atoms with Crippen molar-refractivity contribution < 1.29 is 15.1 Å². The van der Waals surface area contributed by atoms with Gasteiger partial charge in [0, 0.05) is 6.07 Å². The van der Waals surface area contributed by atoms with E-state index in [1.165, 1.54) is 0 Å². The molecule has 2 unspecified atom stereocenters. The number of pyridine rings is 1. The fourth-order valence-corrected chi connectivity index (χ4v) is 1.23. The van der Waals surface area contributed by atoms with Crippen LogP contribution in [0.1, 0.15) is 18.1 Å². The van der Waals surface area contributed by atoms with Gasteiger partial charge in [-0.15, -0.1) is 0 Å². The molecule has 0 spiro atoms. The minimum Gasteiger partial charge on any atom is -0.389 e. The van der Waals surface area contributed by atoms with Gasteiger partial charge in [-0.05, 0) is 0 Å². The molecule has 1 aromatic rings. The van der Waals surface area contributed by atoms with Gasteiger partial charge in [-0.3, -0.25) is 14.9 Å². The maximum Gasteiger partial charge on any atom is 0.285 e. The topological polar surface area (TPSA) is 140 Å². The second-order valence-electron chi connectivity index (χ2n) is 3.27. The fraction of sp³-hybridized carbons (Fsp3) is 0.333. The van der Waals surface area contributed by atoms with Crippen LogP contribution in [0.2, 0.25) is 0 Å². The van der Waals surface area contributed by atoms with Crippen molar-refractivity contribution in [2.75, 3.05) is 0 Å². The molecule has 8 nitrogen and oxygen atoms in total. The van der Waals surface area contributed by atoms with Gasteiger partial charge in [0.25, 0.3) is 11.2 Å². The third kappa shape index (κ3) is 2.87. The number of aromatic nitrogens is 1. The van der Waals surface area contributed by atoms with Gasteiger partial charge < -0.3 is 15.2 Å². The Kier molecular flexibility index (Phi) is 3.92. The Bertz CT molecular complexity index is 518. The van der Waals surface area contributed by atoms with E-state index in [4.69, 9.17) is 5.26 Å². The molecule has 1 aromatic heterocycles. The Balaban J connectivity index is 3.13. The Morgan fingerprint density at radius 3 is 2.76 bits per heavy atom. The summed E-state index contributed by atoms with van der Waals surface area (Å²) in [4.78, 5) is 23.1. The summed E-state index contributed by atoms with van der Waals surface area (Å²) in [6.07, 6.45) is -2.61. The first-order valence-corrected chi connectivity index (χ1v) is 4.57. The fourth-order valence-electron chi connectivity index (χ4n) is 1.23. The number of hydrogen-bond acceptors (Lipinski definition) is 6. The number of rotatable bonds is 4. The van der Waals surface area contributed by atoms with Crippen molar-refractivity contribution in [2.24, 2.45) is 0 Å². The molecule has 0 fully saturated rings. The van der Waals surface area contributed by atoms with Crippen LogP contribution < -0.4 is 5.56 Å². The Hall–Kier alpha value is -2.24. The zero-order valence-electron chi connectivity index (χ0n) is 8.53. The third-order valence-electron chi connectivity index (χ3n) is 2.11. The summed E-state index contributed by atoms with van der Waals surface area (Å²) in [7, 11) is 0. The van der Waals surface area contributed by atoms with Gasteiger partial charge in [0.05, 0.1) is 35.3 Å². The molecule has 0 aromatic carbocycles. The first-order valence-electron chi connectivity index (χ1n) is 4.57. The number of aromatic amines is 1. The summed E-state index contributed by atoms with van der Waals surface area (Å²) in [5.74, 6) is 0. The lowest BCUT2D eigenvalue weighted by Gasteiger charge is -2.13. The number of nitriles is 1. The maximum absolute atomic E-state index is 11.3. The average molecular weight is 239 g/mol. The third-order valence-corrected chi connectivity index (χ3v) is 2.11. The molecule has 0 saturated carbocycles. The van der Waals surface area contributed by atoms with Crippen LogP contribution in [0.15, 0.2) is 17.1 Å². The SMILES string of the molecule is N#CCC(O)C(O)c1cc([N+](=O)[O-])c[nH]c1=O. The quantitative estimate of drug-likeness (QED) is 0.482. The summed E-state index contributed by atoms with van der Waals surface area (Å²) in [6, 6.07) is 2.48. The van der Waals surface area contributed by atoms with Gasteiger partial charge in [-0.25, -0.2) is 0 Å². The van der Waals surface area contributed by atoms with Gasteiger partial charge >= 0.3 is 0 Å². The zero-order chi connectivity index (χ0) is 13.0. The number of hydrogen-bond donors (Lipinski definition) is 3. The van der Waals surface area contributed by atoms with Gasteiger partial charge in [-0.2, -0.15) is 5.26 Å². The molecule has 0 aliphatic carbocycles. The predicted octanol–water partition coefficient (Wildman–Crippen LogP) is -0.409. The van der Waals surface area contributed by atoms with Gasteiger partial charge in [-0.1, -0.05) is 0 Å². The molecule has 17 heavy (non-hydrogen) atoms. The summed E-state index contributed by atoms with van der Waals surface area (Å²) in [6.45, 7) is 0. The van der Waals surface area contributed by atoms with Crippen LogP contribution in [0.25, 0.3) is 0 Å². The van der Waals surface area contributed by atoms with E-state index < -0.39 is 28.4 Å². The molecule has 0 saturated heterocycles. The molecular weight excluding hydrogens is 230 g/mol. The van der Waals surface area contributed by atoms with Crippen LogP contribution in [0.4, 0.5) is 5.69 Å². The molecule has 2 atom stereocenters. The van der Waals surface area contributed by atoms with E-state index in [0.29, 0.717) is 0 Å². The molecule has 1 heterocycles. The van der Waals surface area contributed by atoms with E-state index in [1.807, 2.05) is 0 Å². The lowest BCUT2D eigenvalue weighted by molar-refractivity contribution is -0.385. The van der Waals surface area contributed by atoms with E-state index in [0.717, 1.165) is 12.3 Å². The summed E-state index contributed by atoms with van der Waals surface area (Å²) in [5, 5.41) is 37.7. The second kappa shape index (κ2) is 5.20. The Morgan fingerprint density at radius 2 is 2.24 bits per heavy atom. The number of H-pyrrole nitrogens is 1. The second-order valence-corrected chi connectivity index (χ2v) is 3.27. The number of nitrogens with one attached hydrogen (secondary N) is 1. The van der Waals surface area contributed by atoms with Crippen molar-refractivity contribution in [1.82, 2.24) is 4.98 Å². The van der Waals surface area contributed by atoms with E-state index in [-0.39, 0.29) is 12.0 Å². The molecule has 8 heteroatoms. The normalized spacial score (nSPS) is 13.7. The van der Waals surface area contributed by atoms with Gasteiger partial charge in [0.15, 0.2) is 0 Å². The number of nitro groups is 1. The maximum atomic E-state index is 11.3. The van der Waals surface area contributed by atoms with E-state index in [9.17, 15) is 25.1 Å². The standard InChI is InChI=1S/C9H9N3O5/c10-2-1-7(13)8(14)6-3-5(12(16)17)4-11-9(6)15/h3-4,7-8,13-14H,1H2,(H,11,15). The minimum atomic E-state index is -1.64. The van der Waals surface area contributed by atoms with Crippen molar-refractivity contribution in [3.05, 3.63) is 38.3 Å². The van der Waals surface area contributed by atoms with E-state index in [2.05, 4.69) is 4.98 Å². The summed E-state index contributed by atoms with van der Waals surface area (Å²) < 4.78 is 0. The lowest BCUT2D eigenvalue weighted by Crippen LogP contribution is -2.25. The smallest absolute Gasteiger partial charge is 0.285 e. The largest absolute Gasteiger partial charge is 0.389 e. The Morgan fingerprint density at radius 1 is 1.59 bits per heavy atom. The van der Waals surface area contributed by atoms with Crippen LogP contribution in [0.3, 0.4) is 0 Å². The highest BCUT2D eigenvalue weighted by Gasteiger charge is 2.23. The highest BCUT2D eigenvalue weighted by atomic mass is 16.6. The molecule has 3 N–H and O–H groups in total. The van der Waals surface area contributed by atoms with Crippen LogP contribution >= 0.6 is 0 Å². The lowest BCUT2D eigenvalue weighted by atomic mass is 10.0. The summed E-state index contributed by atoms with van der Waals surface area (Å²) >= 11 is 0. The van der Waals surface area contributed by atoms with Crippen molar-refractivity contribution in [3.8, 4) is 6.07 Å². The first-order chi connectivity index (χ1) is 7.97. The Labute approximate surface area is 94.9 Å². The molecule has 0 radical (unpaired) electrons. The van der Waals surface area contributed by atoms with Crippen molar-refractivity contribution in [2.45, 2.75) is 18.6 Å². The molecule has 90 valence electrons. The predicted molar refractivity (Wildman–Crippen MR) is 54.9 cm³/mol. The molecule has 1 rings (SSSR count). The first kappa shape index (κ1) is 12.8. The number of nitrogens with zero attached hydrogens (tertiary/aromatic N) is 2. The average Bonchev–Trinajstić information content (AvgIpc) is 2.28. The summed E-state index contributed by atoms with van der Waals surface area (Å²) in [5.41, 5.74) is -1.51. The molecular formula is C9H9N3O5. The molecule has 0 bridgehead atoms. The highest BCUT2D eigenvalue weighted by molar-refractivity contribution is 5.31. The molecule has 0 aliphatic heterocycles. The highest BCUT2D eigenvalue weighted by Crippen LogP contribution is 2.18. The van der Waals surface area contributed by atoms with Crippen molar-refractivity contribution in [3.63, 3.8) is 0 Å². The van der Waals surface area contributed by atoms with Crippen LogP contribution in [0, 0.1) is 21.4 Å². The monoisotopic (exact) mass is 239 g/mol. The number of aliphatic hydroxyl groups excluding tert-OH is 2. The molecule has 0 amide bonds. The van der Waals surface area contributed by atoms with Crippen LogP contribution in [-0.2, 0) is 0 Å².